The number of halogens is 2. The van der Waals surface area contributed by atoms with E-state index in [9.17, 15) is 9.18 Å². The second-order valence-electron chi connectivity index (χ2n) is 4.33. The maximum Gasteiger partial charge on any atom is 0.199 e. The van der Waals surface area contributed by atoms with Gasteiger partial charge < -0.3 is 10.5 Å². The van der Waals surface area contributed by atoms with Crippen LogP contribution >= 0.6 is 15.9 Å². The lowest BCUT2D eigenvalue weighted by molar-refractivity contribution is 0.103. The molecule has 0 aliphatic carbocycles. The van der Waals surface area contributed by atoms with Crippen molar-refractivity contribution in [3.05, 3.63) is 57.3 Å². The van der Waals surface area contributed by atoms with E-state index >= 15 is 0 Å². The van der Waals surface area contributed by atoms with Gasteiger partial charge in [-0.05, 0) is 40.5 Å². The molecule has 2 aromatic carbocycles. The highest BCUT2D eigenvalue weighted by Crippen LogP contribution is 2.30. The van der Waals surface area contributed by atoms with Gasteiger partial charge in [-0.15, -0.1) is 0 Å². The molecule has 0 unspecified atom stereocenters. The van der Waals surface area contributed by atoms with Crippen LogP contribution in [0.5, 0.6) is 5.75 Å². The summed E-state index contributed by atoms with van der Waals surface area (Å²) in [5, 5.41) is 0. The van der Waals surface area contributed by atoms with Gasteiger partial charge in [0.15, 0.2) is 5.78 Å². The Hall–Kier alpha value is -1.88. The molecule has 0 aromatic heterocycles. The van der Waals surface area contributed by atoms with Crippen LogP contribution < -0.4 is 10.5 Å². The molecule has 2 rings (SSSR count). The van der Waals surface area contributed by atoms with Crippen molar-refractivity contribution in [2.24, 2.45) is 0 Å². The average Bonchev–Trinajstić information content (AvgIpc) is 2.41. The average molecular weight is 338 g/mol. The van der Waals surface area contributed by atoms with Gasteiger partial charge in [-0.2, -0.15) is 0 Å². The molecule has 104 valence electrons. The lowest BCUT2D eigenvalue weighted by Gasteiger charge is -2.12. The molecule has 0 saturated carbocycles. The fourth-order valence-corrected chi connectivity index (χ4v) is 2.35. The molecule has 0 fully saturated rings. The molecule has 0 bridgehead atoms. The number of aryl methyl sites for hydroxylation is 1. The van der Waals surface area contributed by atoms with Crippen LogP contribution in [0.3, 0.4) is 0 Å². The van der Waals surface area contributed by atoms with E-state index in [1.165, 1.54) is 19.2 Å². The molecular formula is C15H13BrFNO2. The number of anilines is 1. The van der Waals surface area contributed by atoms with Crippen LogP contribution in [-0.2, 0) is 0 Å². The van der Waals surface area contributed by atoms with Gasteiger partial charge in [-0.25, -0.2) is 4.39 Å². The largest absolute Gasteiger partial charge is 0.496 e. The number of carbonyl (C=O) groups is 1. The highest BCUT2D eigenvalue weighted by atomic mass is 79.9. The number of carbonyl (C=O) groups excluding carboxylic acids is 1. The van der Waals surface area contributed by atoms with Crippen LogP contribution in [0.2, 0.25) is 0 Å². The lowest BCUT2D eigenvalue weighted by atomic mass is 9.97. The molecule has 0 radical (unpaired) electrons. The number of ketones is 1. The first-order valence-electron chi connectivity index (χ1n) is 5.88. The van der Waals surface area contributed by atoms with Gasteiger partial charge in [0.2, 0.25) is 0 Å². The molecular weight excluding hydrogens is 325 g/mol. The zero-order valence-electron chi connectivity index (χ0n) is 11.0. The number of hydrogen-bond donors (Lipinski definition) is 1. The third-order valence-corrected chi connectivity index (χ3v) is 3.63. The summed E-state index contributed by atoms with van der Waals surface area (Å²) in [7, 11) is 1.39. The van der Waals surface area contributed by atoms with E-state index in [-0.39, 0.29) is 21.6 Å². The maximum absolute atomic E-state index is 13.5. The van der Waals surface area contributed by atoms with Crippen molar-refractivity contribution in [1.82, 2.24) is 0 Å². The topological polar surface area (TPSA) is 52.3 Å². The predicted octanol–water partition coefficient (Wildman–Crippen LogP) is 3.72. The van der Waals surface area contributed by atoms with E-state index in [0.717, 1.165) is 5.56 Å². The van der Waals surface area contributed by atoms with Crippen LogP contribution in [0.4, 0.5) is 10.1 Å². The molecule has 0 aliphatic rings. The van der Waals surface area contributed by atoms with Crippen LogP contribution in [0, 0.1) is 12.7 Å². The number of rotatable bonds is 3. The number of methoxy groups -OCH3 is 1. The summed E-state index contributed by atoms with van der Waals surface area (Å²) in [6.45, 7) is 1.80. The van der Waals surface area contributed by atoms with Crippen molar-refractivity contribution in [2.75, 3.05) is 12.8 Å². The molecule has 2 N–H and O–H groups in total. The zero-order valence-corrected chi connectivity index (χ0v) is 12.6. The van der Waals surface area contributed by atoms with E-state index in [4.69, 9.17) is 10.5 Å². The molecule has 0 saturated heterocycles. The zero-order chi connectivity index (χ0) is 14.9. The number of benzene rings is 2. The molecule has 2 aromatic rings. The van der Waals surface area contributed by atoms with Crippen LogP contribution in [0.15, 0.2) is 34.8 Å². The highest BCUT2D eigenvalue weighted by molar-refractivity contribution is 9.10. The van der Waals surface area contributed by atoms with Crippen molar-refractivity contribution < 1.29 is 13.9 Å². The number of nitrogen functional groups attached to an aromatic ring is 1. The Kier molecular flexibility index (Phi) is 4.09. The summed E-state index contributed by atoms with van der Waals surface area (Å²) >= 11 is 3.07. The summed E-state index contributed by atoms with van der Waals surface area (Å²) in [4.78, 5) is 12.6. The predicted molar refractivity (Wildman–Crippen MR) is 79.7 cm³/mol. The third-order valence-electron chi connectivity index (χ3n) is 3.02. The standard InChI is InChI=1S/C15H13BrFNO2/c1-8-4-3-5-12(18)14(8)15(19)9-6-10(16)11(17)7-13(9)20-2/h3-7H,18H2,1-2H3. The lowest BCUT2D eigenvalue weighted by Crippen LogP contribution is -2.09. The van der Waals surface area contributed by atoms with E-state index in [1.54, 1.807) is 25.1 Å². The Morgan fingerprint density at radius 1 is 1.35 bits per heavy atom. The first kappa shape index (κ1) is 14.5. The Balaban J connectivity index is 2.62. The van der Waals surface area contributed by atoms with Crippen LogP contribution in [-0.4, -0.2) is 12.9 Å². The molecule has 3 nitrogen and oxygen atoms in total. The molecule has 5 heteroatoms. The third kappa shape index (κ3) is 2.54. The summed E-state index contributed by atoms with van der Waals surface area (Å²) in [6.07, 6.45) is 0. The maximum atomic E-state index is 13.5. The summed E-state index contributed by atoms with van der Waals surface area (Å²) in [5.41, 5.74) is 7.69. The molecule has 0 aliphatic heterocycles. The SMILES string of the molecule is COc1cc(F)c(Br)cc1C(=O)c1c(C)cccc1N. The van der Waals surface area contributed by atoms with Crippen molar-refractivity contribution in [1.29, 1.82) is 0 Å². The monoisotopic (exact) mass is 337 g/mol. The quantitative estimate of drug-likeness (QED) is 0.686. The van der Waals surface area contributed by atoms with Gasteiger partial charge in [-0.3, -0.25) is 4.79 Å². The van der Waals surface area contributed by atoms with Crippen molar-refractivity contribution in [2.45, 2.75) is 6.92 Å². The molecule has 0 heterocycles. The summed E-state index contributed by atoms with van der Waals surface area (Å²) in [6, 6.07) is 7.81. The van der Waals surface area contributed by atoms with Gasteiger partial charge in [0.1, 0.15) is 11.6 Å². The Morgan fingerprint density at radius 2 is 2.05 bits per heavy atom. The second kappa shape index (κ2) is 5.63. The van der Waals surface area contributed by atoms with E-state index in [2.05, 4.69) is 15.9 Å². The fraction of sp³-hybridized carbons (Fsp3) is 0.133. The van der Waals surface area contributed by atoms with Crippen molar-refractivity contribution in [3.63, 3.8) is 0 Å². The Bertz CT molecular complexity index is 666. The van der Waals surface area contributed by atoms with E-state index in [1.807, 2.05) is 0 Å². The summed E-state index contributed by atoms with van der Waals surface area (Å²) in [5.74, 6) is -0.604. The normalized spacial score (nSPS) is 10.4. The Labute approximate surface area is 124 Å². The first-order chi connectivity index (χ1) is 9.45. The number of hydrogen-bond acceptors (Lipinski definition) is 3. The van der Waals surface area contributed by atoms with E-state index < -0.39 is 5.82 Å². The van der Waals surface area contributed by atoms with Gasteiger partial charge >= 0.3 is 0 Å². The van der Waals surface area contributed by atoms with Gasteiger partial charge in [-0.1, -0.05) is 12.1 Å². The van der Waals surface area contributed by atoms with Crippen molar-refractivity contribution >= 4 is 27.4 Å². The van der Waals surface area contributed by atoms with Crippen LogP contribution in [0.25, 0.3) is 0 Å². The van der Waals surface area contributed by atoms with Gasteiger partial charge in [0.05, 0.1) is 17.1 Å². The van der Waals surface area contributed by atoms with Crippen LogP contribution in [0.1, 0.15) is 21.5 Å². The number of nitrogens with two attached hydrogens (primary N) is 1. The summed E-state index contributed by atoms with van der Waals surface area (Å²) < 4.78 is 18.8. The minimum Gasteiger partial charge on any atom is -0.496 e. The first-order valence-corrected chi connectivity index (χ1v) is 6.67. The van der Waals surface area contributed by atoms with Gasteiger partial charge in [0, 0.05) is 17.3 Å². The van der Waals surface area contributed by atoms with Gasteiger partial charge in [0.25, 0.3) is 0 Å². The smallest absolute Gasteiger partial charge is 0.199 e. The minimum atomic E-state index is -0.490. The molecule has 20 heavy (non-hydrogen) atoms. The number of ether oxygens (including phenoxy) is 1. The second-order valence-corrected chi connectivity index (χ2v) is 5.19. The van der Waals surface area contributed by atoms with E-state index in [0.29, 0.717) is 11.3 Å². The van der Waals surface area contributed by atoms with Crippen molar-refractivity contribution in [3.8, 4) is 5.75 Å². The minimum absolute atomic E-state index is 0.179. The molecule has 0 atom stereocenters. The highest BCUT2D eigenvalue weighted by Gasteiger charge is 2.20. The fourth-order valence-electron chi connectivity index (χ4n) is 2.01. The molecule has 0 spiro atoms. The Morgan fingerprint density at radius 3 is 2.65 bits per heavy atom. The molecule has 0 amide bonds.